The summed E-state index contributed by atoms with van der Waals surface area (Å²) in [6.45, 7) is 2.04. The van der Waals surface area contributed by atoms with Crippen molar-refractivity contribution in [2.24, 2.45) is 0 Å². The van der Waals surface area contributed by atoms with Crippen LogP contribution in [0.25, 0.3) is 6.08 Å². The van der Waals surface area contributed by atoms with Crippen molar-refractivity contribution in [3.8, 4) is 5.75 Å². The first-order valence-electron chi connectivity index (χ1n) is 4.93. The van der Waals surface area contributed by atoms with Gasteiger partial charge in [0.1, 0.15) is 5.75 Å². The van der Waals surface area contributed by atoms with Crippen LogP contribution in [0.1, 0.15) is 30.0 Å². The maximum Gasteiger partial charge on any atom is 0.119 e. The van der Waals surface area contributed by atoms with E-state index in [4.69, 9.17) is 11.6 Å². The Kier molecular flexibility index (Phi) is 2.51. The van der Waals surface area contributed by atoms with Crippen molar-refractivity contribution >= 4 is 17.7 Å². The van der Waals surface area contributed by atoms with Crippen LogP contribution in [0.4, 0.5) is 0 Å². The number of aromatic hydroxyl groups is 1. The van der Waals surface area contributed by atoms with Crippen LogP contribution < -0.4 is 0 Å². The highest BCUT2D eigenvalue weighted by Gasteiger charge is 2.15. The van der Waals surface area contributed by atoms with Gasteiger partial charge in [-0.05, 0) is 36.5 Å². The number of phenols is 1. The summed E-state index contributed by atoms with van der Waals surface area (Å²) in [7, 11) is 0. The fourth-order valence-electron chi connectivity index (χ4n) is 1.88. The Bertz CT molecular complexity index is 394. The smallest absolute Gasteiger partial charge is 0.119 e. The van der Waals surface area contributed by atoms with Gasteiger partial charge in [0.2, 0.25) is 0 Å². The summed E-state index contributed by atoms with van der Waals surface area (Å²) in [4.78, 5) is 0. The van der Waals surface area contributed by atoms with E-state index in [1.165, 1.54) is 0 Å². The van der Waals surface area contributed by atoms with Crippen LogP contribution in [0.3, 0.4) is 0 Å². The molecule has 1 nitrogen and oxygen atoms in total. The molecule has 0 saturated carbocycles. The first-order chi connectivity index (χ1) is 6.74. The molecule has 0 amide bonds. The molecule has 0 aliphatic heterocycles. The number of aryl methyl sites for hydroxylation is 1. The highest BCUT2D eigenvalue weighted by Crippen LogP contribution is 2.36. The zero-order valence-corrected chi connectivity index (χ0v) is 8.93. The zero-order valence-electron chi connectivity index (χ0n) is 8.18. The molecule has 0 saturated heterocycles. The van der Waals surface area contributed by atoms with Gasteiger partial charge in [0.25, 0.3) is 0 Å². The van der Waals surface area contributed by atoms with E-state index in [9.17, 15) is 5.11 Å². The van der Waals surface area contributed by atoms with E-state index < -0.39 is 0 Å². The second-order valence-electron chi connectivity index (χ2n) is 3.56. The first kappa shape index (κ1) is 9.60. The molecule has 0 heterocycles. The number of fused-ring (bicyclic) bond motifs is 1. The van der Waals surface area contributed by atoms with Crippen molar-refractivity contribution < 1.29 is 5.11 Å². The molecule has 0 bridgehead atoms. The molecular formula is C12H13ClO. The normalized spacial score (nSPS) is 14.1. The van der Waals surface area contributed by atoms with Crippen LogP contribution in [0, 0.1) is 0 Å². The fraction of sp³-hybridized carbons (Fsp3) is 0.333. The number of hydrogen-bond acceptors (Lipinski definition) is 1. The largest absolute Gasteiger partial charge is 0.508 e. The SMILES string of the molecule is CCc1cc(O)c2c(c1Cl)C=CCC2. The Balaban J connectivity index is 2.66. The lowest BCUT2D eigenvalue weighted by Gasteiger charge is -2.16. The second-order valence-corrected chi connectivity index (χ2v) is 3.93. The minimum absolute atomic E-state index is 0.394. The Morgan fingerprint density at radius 2 is 2.29 bits per heavy atom. The van der Waals surface area contributed by atoms with Gasteiger partial charge in [-0.2, -0.15) is 0 Å². The third-order valence-corrected chi connectivity index (χ3v) is 3.14. The van der Waals surface area contributed by atoms with Gasteiger partial charge < -0.3 is 5.11 Å². The monoisotopic (exact) mass is 208 g/mol. The van der Waals surface area contributed by atoms with Gasteiger partial charge in [0, 0.05) is 5.56 Å². The van der Waals surface area contributed by atoms with Crippen LogP contribution >= 0.6 is 11.6 Å². The molecular weight excluding hydrogens is 196 g/mol. The van der Waals surface area contributed by atoms with E-state index >= 15 is 0 Å². The predicted molar refractivity (Wildman–Crippen MR) is 59.8 cm³/mol. The number of benzene rings is 1. The van der Waals surface area contributed by atoms with Crippen LogP contribution in [0.2, 0.25) is 5.02 Å². The summed E-state index contributed by atoms with van der Waals surface area (Å²) in [5.41, 5.74) is 3.03. The molecule has 0 atom stereocenters. The molecule has 1 N–H and O–H groups in total. The lowest BCUT2D eigenvalue weighted by atomic mass is 9.93. The summed E-state index contributed by atoms with van der Waals surface area (Å²) in [5.74, 6) is 0.394. The summed E-state index contributed by atoms with van der Waals surface area (Å²) < 4.78 is 0. The first-order valence-corrected chi connectivity index (χ1v) is 5.31. The van der Waals surface area contributed by atoms with Gasteiger partial charge in [-0.1, -0.05) is 30.7 Å². The van der Waals surface area contributed by atoms with Crippen molar-refractivity contribution in [2.75, 3.05) is 0 Å². The van der Waals surface area contributed by atoms with Crippen LogP contribution in [-0.2, 0) is 12.8 Å². The van der Waals surface area contributed by atoms with Crippen LogP contribution in [-0.4, -0.2) is 5.11 Å². The Hall–Kier alpha value is -0.950. The van der Waals surface area contributed by atoms with Crippen molar-refractivity contribution in [1.82, 2.24) is 0 Å². The lowest BCUT2D eigenvalue weighted by molar-refractivity contribution is 0.467. The Morgan fingerprint density at radius 3 is 3.00 bits per heavy atom. The molecule has 1 aliphatic carbocycles. The molecule has 0 spiro atoms. The molecule has 0 aromatic heterocycles. The number of phenolic OH excluding ortho intramolecular Hbond substituents is 1. The molecule has 14 heavy (non-hydrogen) atoms. The second kappa shape index (κ2) is 3.66. The Labute approximate surface area is 89.0 Å². The average Bonchev–Trinajstić information content (AvgIpc) is 2.23. The molecule has 0 unspecified atom stereocenters. The van der Waals surface area contributed by atoms with Gasteiger partial charge in [-0.3, -0.25) is 0 Å². The zero-order chi connectivity index (χ0) is 10.1. The van der Waals surface area contributed by atoms with E-state index in [1.54, 1.807) is 6.07 Å². The van der Waals surface area contributed by atoms with Gasteiger partial charge in [-0.15, -0.1) is 0 Å². The van der Waals surface area contributed by atoms with Gasteiger partial charge >= 0.3 is 0 Å². The number of allylic oxidation sites excluding steroid dienone is 1. The number of halogens is 1. The summed E-state index contributed by atoms with van der Waals surface area (Å²) >= 11 is 6.24. The standard InChI is InChI=1S/C12H13ClO/c1-2-8-7-11(14)9-5-3-4-6-10(9)12(8)13/h4,6-7,14H,2-3,5H2,1H3. The molecule has 0 fully saturated rings. The van der Waals surface area contributed by atoms with E-state index in [2.05, 4.69) is 6.08 Å². The maximum atomic E-state index is 9.80. The molecule has 0 radical (unpaired) electrons. The number of hydrogen-bond donors (Lipinski definition) is 1. The van der Waals surface area contributed by atoms with Gasteiger partial charge in [0.15, 0.2) is 0 Å². The van der Waals surface area contributed by atoms with Crippen molar-refractivity contribution in [3.63, 3.8) is 0 Å². The van der Waals surface area contributed by atoms with E-state index in [-0.39, 0.29) is 0 Å². The molecule has 2 rings (SSSR count). The molecule has 74 valence electrons. The van der Waals surface area contributed by atoms with Crippen molar-refractivity contribution in [1.29, 1.82) is 0 Å². The highest BCUT2D eigenvalue weighted by molar-refractivity contribution is 6.33. The summed E-state index contributed by atoms with van der Waals surface area (Å²) in [6.07, 6.45) is 6.85. The third-order valence-electron chi connectivity index (χ3n) is 2.69. The van der Waals surface area contributed by atoms with E-state index in [0.29, 0.717) is 5.75 Å². The minimum atomic E-state index is 0.394. The lowest BCUT2D eigenvalue weighted by Crippen LogP contribution is -1.98. The Morgan fingerprint density at radius 1 is 1.50 bits per heavy atom. The molecule has 2 heteroatoms. The summed E-state index contributed by atoms with van der Waals surface area (Å²) in [5, 5.41) is 10.6. The van der Waals surface area contributed by atoms with Gasteiger partial charge in [-0.25, -0.2) is 0 Å². The molecule has 1 aliphatic rings. The predicted octanol–water partition coefficient (Wildman–Crippen LogP) is 3.57. The number of rotatable bonds is 1. The maximum absolute atomic E-state index is 9.80. The average molecular weight is 209 g/mol. The van der Waals surface area contributed by atoms with E-state index in [0.717, 1.165) is 41.0 Å². The quantitative estimate of drug-likeness (QED) is 0.748. The highest BCUT2D eigenvalue weighted by atomic mass is 35.5. The third kappa shape index (κ3) is 1.42. The van der Waals surface area contributed by atoms with Crippen molar-refractivity contribution in [3.05, 3.63) is 33.9 Å². The fourth-order valence-corrected chi connectivity index (χ4v) is 2.25. The summed E-state index contributed by atoms with van der Waals surface area (Å²) in [6, 6.07) is 1.79. The van der Waals surface area contributed by atoms with Crippen molar-refractivity contribution in [2.45, 2.75) is 26.2 Å². The topological polar surface area (TPSA) is 20.2 Å². The molecule has 1 aromatic rings. The molecule has 1 aromatic carbocycles. The minimum Gasteiger partial charge on any atom is -0.508 e. The van der Waals surface area contributed by atoms with Gasteiger partial charge in [0.05, 0.1) is 5.02 Å². The van der Waals surface area contributed by atoms with Crippen LogP contribution in [0.15, 0.2) is 12.1 Å². The van der Waals surface area contributed by atoms with E-state index in [1.807, 2.05) is 13.0 Å². The van der Waals surface area contributed by atoms with Crippen LogP contribution in [0.5, 0.6) is 5.75 Å².